The lowest BCUT2D eigenvalue weighted by molar-refractivity contribution is -0.300. The molecule has 5 unspecified atom stereocenters. The molecular formula is C10H21NO5. The van der Waals surface area contributed by atoms with Crippen LogP contribution in [0.4, 0.5) is 0 Å². The van der Waals surface area contributed by atoms with Crippen LogP contribution in [-0.2, 0) is 9.47 Å². The molecule has 1 rings (SSSR count). The van der Waals surface area contributed by atoms with Crippen molar-refractivity contribution in [2.75, 3.05) is 6.61 Å². The normalized spacial score (nSPS) is 41.1. The number of ether oxygens (including phenoxy) is 2. The second-order valence-electron chi connectivity index (χ2n) is 5.01. The van der Waals surface area contributed by atoms with E-state index in [1.165, 1.54) is 0 Å². The Morgan fingerprint density at radius 3 is 2.25 bits per heavy atom. The third kappa shape index (κ3) is 3.13. The van der Waals surface area contributed by atoms with E-state index in [9.17, 15) is 10.2 Å². The molecule has 1 saturated heterocycles. The summed E-state index contributed by atoms with van der Waals surface area (Å²) in [4.78, 5) is 0. The van der Waals surface area contributed by atoms with E-state index in [1.807, 2.05) is 20.8 Å². The first-order chi connectivity index (χ1) is 7.26. The summed E-state index contributed by atoms with van der Waals surface area (Å²) >= 11 is 0. The van der Waals surface area contributed by atoms with Gasteiger partial charge in [-0.2, -0.15) is 0 Å². The smallest absolute Gasteiger partial charge is 0.186 e. The Labute approximate surface area is 95.0 Å². The molecule has 0 amide bonds. The van der Waals surface area contributed by atoms with Crippen LogP contribution in [0.3, 0.4) is 0 Å². The van der Waals surface area contributed by atoms with E-state index in [0.29, 0.717) is 0 Å². The van der Waals surface area contributed by atoms with Gasteiger partial charge in [0.05, 0.1) is 18.2 Å². The first kappa shape index (κ1) is 13.8. The van der Waals surface area contributed by atoms with Crippen LogP contribution < -0.4 is 5.73 Å². The first-order valence-electron chi connectivity index (χ1n) is 5.32. The van der Waals surface area contributed by atoms with Gasteiger partial charge in [-0.25, -0.2) is 0 Å². The molecular weight excluding hydrogens is 214 g/mol. The third-order valence-corrected chi connectivity index (χ3v) is 2.41. The molecule has 0 saturated carbocycles. The predicted molar refractivity (Wildman–Crippen MR) is 56.6 cm³/mol. The number of rotatable bonds is 2. The summed E-state index contributed by atoms with van der Waals surface area (Å²) in [5, 5.41) is 28.4. The van der Waals surface area contributed by atoms with Crippen LogP contribution in [0.1, 0.15) is 20.8 Å². The van der Waals surface area contributed by atoms with Crippen LogP contribution in [0.25, 0.3) is 0 Å². The van der Waals surface area contributed by atoms with Crippen molar-refractivity contribution in [2.24, 2.45) is 5.73 Å². The van der Waals surface area contributed by atoms with Gasteiger partial charge in [-0.05, 0) is 20.8 Å². The summed E-state index contributed by atoms with van der Waals surface area (Å²) < 4.78 is 10.7. The summed E-state index contributed by atoms with van der Waals surface area (Å²) in [7, 11) is 0. The number of nitrogens with two attached hydrogens (primary N) is 1. The minimum Gasteiger partial charge on any atom is -0.394 e. The lowest BCUT2D eigenvalue weighted by Crippen LogP contribution is -2.63. The summed E-state index contributed by atoms with van der Waals surface area (Å²) in [5.41, 5.74) is 5.12. The molecule has 1 aliphatic rings. The van der Waals surface area contributed by atoms with Crippen molar-refractivity contribution in [3.05, 3.63) is 0 Å². The largest absolute Gasteiger partial charge is 0.394 e. The van der Waals surface area contributed by atoms with Crippen molar-refractivity contribution in [1.29, 1.82) is 0 Å². The van der Waals surface area contributed by atoms with Crippen LogP contribution in [0.5, 0.6) is 0 Å². The molecule has 0 aromatic heterocycles. The average molecular weight is 235 g/mol. The quantitative estimate of drug-likeness (QED) is 0.467. The highest BCUT2D eigenvalue weighted by Crippen LogP contribution is 2.24. The lowest BCUT2D eigenvalue weighted by Gasteiger charge is -2.42. The van der Waals surface area contributed by atoms with Gasteiger partial charge in [0.15, 0.2) is 6.29 Å². The van der Waals surface area contributed by atoms with Crippen molar-refractivity contribution < 1.29 is 24.8 Å². The standard InChI is InChI=1S/C10H21NO5/c1-10(2,3)16-9-8(14)6(11)7(13)5(4-12)15-9/h5-9,12-14H,4,11H2,1-3H3. The minimum atomic E-state index is -1.11. The van der Waals surface area contributed by atoms with Crippen molar-refractivity contribution >= 4 is 0 Å². The Hall–Kier alpha value is -0.240. The van der Waals surface area contributed by atoms with E-state index in [1.54, 1.807) is 0 Å². The molecule has 1 heterocycles. The molecule has 6 nitrogen and oxygen atoms in total. The van der Waals surface area contributed by atoms with Gasteiger partial charge >= 0.3 is 0 Å². The van der Waals surface area contributed by atoms with Gasteiger partial charge in [0.2, 0.25) is 0 Å². The summed E-state index contributed by atoms with van der Waals surface area (Å²) in [6, 6.07) is -0.891. The zero-order valence-corrected chi connectivity index (χ0v) is 9.83. The van der Waals surface area contributed by atoms with Gasteiger partial charge in [-0.1, -0.05) is 0 Å². The zero-order chi connectivity index (χ0) is 12.5. The van der Waals surface area contributed by atoms with Crippen LogP contribution in [0.15, 0.2) is 0 Å². The summed E-state index contributed by atoms with van der Waals surface area (Å²) in [5.74, 6) is 0. The van der Waals surface area contributed by atoms with Crippen LogP contribution >= 0.6 is 0 Å². The van der Waals surface area contributed by atoms with Gasteiger partial charge in [0.1, 0.15) is 18.3 Å². The molecule has 1 aliphatic heterocycles. The number of hydrogen-bond acceptors (Lipinski definition) is 6. The maximum absolute atomic E-state index is 9.77. The second-order valence-corrected chi connectivity index (χ2v) is 5.01. The van der Waals surface area contributed by atoms with Crippen LogP contribution in [0.2, 0.25) is 0 Å². The highest BCUT2D eigenvalue weighted by Gasteiger charge is 2.44. The van der Waals surface area contributed by atoms with Crippen molar-refractivity contribution in [1.82, 2.24) is 0 Å². The fourth-order valence-corrected chi connectivity index (χ4v) is 1.56. The molecule has 0 aromatic rings. The van der Waals surface area contributed by atoms with Crippen molar-refractivity contribution in [2.45, 2.75) is 57.0 Å². The Balaban J connectivity index is 2.71. The lowest BCUT2D eigenvalue weighted by atomic mass is 9.97. The number of aliphatic hydroxyl groups is 3. The molecule has 0 spiro atoms. The number of aliphatic hydroxyl groups excluding tert-OH is 3. The summed E-state index contributed by atoms with van der Waals surface area (Å²) in [6.07, 6.45) is -3.97. The molecule has 5 N–H and O–H groups in total. The monoisotopic (exact) mass is 235 g/mol. The minimum absolute atomic E-state index is 0.369. The molecule has 16 heavy (non-hydrogen) atoms. The first-order valence-corrected chi connectivity index (χ1v) is 5.32. The van der Waals surface area contributed by atoms with Crippen LogP contribution in [0, 0.1) is 0 Å². The van der Waals surface area contributed by atoms with Gasteiger partial charge in [0, 0.05) is 0 Å². The molecule has 6 heteroatoms. The molecule has 0 bridgehead atoms. The molecule has 0 aromatic carbocycles. The highest BCUT2D eigenvalue weighted by molar-refractivity contribution is 4.92. The Morgan fingerprint density at radius 2 is 1.81 bits per heavy atom. The molecule has 0 aliphatic carbocycles. The van der Waals surface area contributed by atoms with E-state index in [2.05, 4.69) is 0 Å². The molecule has 0 radical (unpaired) electrons. The Bertz CT molecular complexity index is 228. The number of hydrogen-bond donors (Lipinski definition) is 4. The Morgan fingerprint density at radius 1 is 1.25 bits per heavy atom. The van der Waals surface area contributed by atoms with E-state index in [4.69, 9.17) is 20.3 Å². The maximum Gasteiger partial charge on any atom is 0.186 e. The molecule has 1 fully saturated rings. The van der Waals surface area contributed by atoms with Gasteiger partial charge in [0.25, 0.3) is 0 Å². The van der Waals surface area contributed by atoms with E-state index in [0.717, 1.165) is 0 Å². The zero-order valence-electron chi connectivity index (χ0n) is 9.83. The van der Waals surface area contributed by atoms with E-state index in [-0.39, 0.29) is 6.61 Å². The topological polar surface area (TPSA) is 105 Å². The third-order valence-electron chi connectivity index (χ3n) is 2.41. The van der Waals surface area contributed by atoms with Crippen LogP contribution in [-0.4, -0.2) is 58.2 Å². The highest BCUT2D eigenvalue weighted by atomic mass is 16.7. The fourth-order valence-electron chi connectivity index (χ4n) is 1.56. The van der Waals surface area contributed by atoms with Crippen molar-refractivity contribution in [3.63, 3.8) is 0 Å². The Kier molecular flexibility index (Phi) is 4.28. The predicted octanol–water partition coefficient (Wildman–Crippen LogP) is -1.43. The van der Waals surface area contributed by atoms with E-state index < -0.39 is 36.2 Å². The fraction of sp³-hybridized carbons (Fsp3) is 1.00. The van der Waals surface area contributed by atoms with Gasteiger partial charge in [-0.15, -0.1) is 0 Å². The summed E-state index contributed by atoms with van der Waals surface area (Å²) in [6.45, 7) is 5.07. The second kappa shape index (κ2) is 4.95. The molecule has 5 atom stereocenters. The SMILES string of the molecule is CC(C)(C)OC1OC(CO)C(O)C(N)C1O. The van der Waals surface area contributed by atoms with E-state index >= 15 is 0 Å². The average Bonchev–Trinajstić information content (AvgIpc) is 2.17. The van der Waals surface area contributed by atoms with Crippen molar-refractivity contribution in [3.8, 4) is 0 Å². The molecule has 96 valence electrons. The maximum atomic E-state index is 9.77. The van der Waals surface area contributed by atoms with Gasteiger partial charge in [-0.3, -0.25) is 0 Å². The van der Waals surface area contributed by atoms with Gasteiger partial charge < -0.3 is 30.5 Å².